The molecule has 0 spiro atoms. The number of aromatic nitrogens is 1. The minimum atomic E-state index is 0. The third-order valence-electron chi connectivity index (χ3n) is 5.20. The molecule has 30 heavy (non-hydrogen) atoms. The molecule has 1 amide bonds. The fraction of sp³-hybridized carbons (Fsp3) is 0.500. The maximum atomic E-state index is 12.7. The molecule has 6 nitrogen and oxygen atoms in total. The van der Waals surface area contributed by atoms with Crippen molar-refractivity contribution in [1.29, 1.82) is 0 Å². The summed E-state index contributed by atoms with van der Waals surface area (Å²) < 4.78 is 0. The molecule has 164 valence electrons. The van der Waals surface area contributed by atoms with Crippen LogP contribution in [0.3, 0.4) is 0 Å². The monoisotopic (exact) mass is 541 g/mol. The van der Waals surface area contributed by atoms with Gasteiger partial charge in [-0.15, -0.1) is 35.3 Å². The van der Waals surface area contributed by atoms with Crippen LogP contribution in [0.4, 0.5) is 0 Å². The van der Waals surface area contributed by atoms with Crippen molar-refractivity contribution in [1.82, 2.24) is 20.5 Å². The summed E-state index contributed by atoms with van der Waals surface area (Å²) in [7, 11) is 1.77. The molecule has 1 aromatic carbocycles. The summed E-state index contributed by atoms with van der Waals surface area (Å²) in [6.07, 6.45) is 4.31. The first-order valence-electron chi connectivity index (χ1n) is 10.3. The molecule has 3 rings (SSSR count). The first-order valence-corrected chi connectivity index (χ1v) is 11.1. The van der Waals surface area contributed by atoms with Gasteiger partial charge in [-0.05, 0) is 50.8 Å². The van der Waals surface area contributed by atoms with Gasteiger partial charge in [-0.1, -0.05) is 12.1 Å². The highest BCUT2D eigenvalue weighted by Gasteiger charge is 2.18. The number of amides is 1. The van der Waals surface area contributed by atoms with Crippen LogP contribution in [0.25, 0.3) is 0 Å². The largest absolute Gasteiger partial charge is 0.356 e. The number of nitrogens with one attached hydrogen (secondary N) is 2. The van der Waals surface area contributed by atoms with E-state index in [2.05, 4.69) is 27.5 Å². The van der Waals surface area contributed by atoms with Crippen LogP contribution in [0.5, 0.6) is 0 Å². The van der Waals surface area contributed by atoms with Gasteiger partial charge in [-0.25, -0.2) is 4.98 Å². The van der Waals surface area contributed by atoms with E-state index in [1.54, 1.807) is 18.4 Å². The Morgan fingerprint density at radius 1 is 1.20 bits per heavy atom. The Hall–Kier alpha value is -1.68. The molecule has 0 atom stereocenters. The van der Waals surface area contributed by atoms with Crippen LogP contribution in [0.2, 0.25) is 0 Å². The van der Waals surface area contributed by atoms with Crippen LogP contribution in [0.15, 0.2) is 29.3 Å². The number of carbonyl (C=O) groups is 1. The average Bonchev–Trinajstić information content (AvgIpc) is 3.08. The second kappa shape index (κ2) is 12.2. The zero-order valence-corrected chi connectivity index (χ0v) is 21.2. The molecule has 1 aliphatic rings. The van der Waals surface area contributed by atoms with Crippen molar-refractivity contribution in [2.24, 2.45) is 4.99 Å². The van der Waals surface area contributed by atoms with E-state index in [1.807, 2.05) is 36.1 Å². The van der Waals surface area contributed by atoms with E-state index in [0.717, 1.165) is 66.7 Å². The quantitative estimate of drug-likeness (QED) is 0.331. The Morgan fingerprint density at radius 2 is 1.97 bits per heavy atom. The fourth-order valence-corrected chi connectivity index (χ4v) is 4.37. The SMILES string of the molecule is CN=C(NCCc1nc(C)c(C)s1)NCc1cccc(C(=O)N2CCCCC2)c1.I. The minimum Gasteiger partial charge on any atom is -0.356 e. The van der Waals surface area contributed by atoms with Crippen molar-refractivity contribution in [2.45, 2.75) is 46.1 Å². The number of piperidine rings is 1. The van der Waals surface area contributed by atoms with Gasteiger partial charge in [0.15, 0.2) is 5.96 Å². The molecule has 2 aromatic rings. The molecule has 0 bridgehead atoms. The number of aliphatic imine (C=N–C) groups is 1. The lowest BCUT2D eigenvalue weighted by Crippen LogP contribution is -2.38. The van der Waals surface area contributed by atoms with E-state index < -0.39 is 0 Å². The van der Waals surface area contributed by atoms with Crippen molar-refractivity contribution < 1.29 is 4.79 Å². The van der Waals surface area contributed by atoms with E-state index in [-0.39, 0.29) is 29.9 Å². The van der Waals surface area contributed by atoms with E-state index in [4.69, 9.17) is 0 Å². The first kappa shape index (κ1) is 24.6. The molecule has 2 heterocycles. The molecular formula is C22H32IN5OS. The summed E-state index contributed by atoms with van der Waals surface area (Å²) in [6, 6.07) is 7.88. The van der Waals surface area contributed by atoms with Gasteiger partial charge in [0.2, 0.25) is 0 Å². The molecular weight excluding hydrogens is 509 g/mol. The molecule has 0 saturated carbocycles. The number of nitrogens with zero attached hydrogens (tertiary/aromatic N) is 3. The number of likely N-dealkylation sites (tertiary alicyclic amines) is 1. The molecule has 8 heteroatoms. The lowest BCUT2D eigenvalue weighted by molar-refractivity contribution is 0.0724. The number of benzene rings is 1. The van der Waals surface area contributed by atoms with E-state index in [0.29, 0.717) is 6.54 Å². The summed E-state index contributed by atoms with van der Waals surface area (Å²) in [6.45, 7) is 7.30. The van der Waals surface area contributed by atoms with Crippen LogP contribution < -0.4 is 10.6 Å². The van der Waals surface area contributed by atoms with Gasteiger partial charge in [0.05, 0.1) is 10.7 Å². The molecule has 0 aliphatic carbocycles. The topological polar surface area (TPSA) is 69.6 Å². The van der Waals surface area contributed by atoms with Crippen LogP contribution in [0.1, 0.15) is 50.8 Å². The van der Waals surface area contributed by atoms with Crippen LogP contribution in [-0.2, 0) is 13.0 Å². The maximum Gasteiger partial charge on any atom is 0.253 e. The Labute approximate surface area is 200 Å². The normalized spacial score (nSPS) is 14.2. The Kier molecular flexibility index (Phi) is 10.0. The van der Waals surface area contributed by atoms with Gasteiger partial charge in [-0.3, -0.25) is 9.79 Å². The molecule has 1 aromatic heterocycles. The first-order chi connectivity index (χ1) is 14.1. The van der Waals surface area contributed by atoms with Crippen molar-refractivity contribution in [3.63, 3.8) is 0 Å². The number of rotatable bonds is 6. The van der Waals surface area contributed by atoms with Crippen molar-refractivity contribution in [2.75, 3.05) is 26.7 Å². The average molecular weight is 542 g/mol. The molecule has 1 saturated heterocycles. The summed E-state index contributed by atoms with van der Waals surface area (Å²) in [5.41, 5.74) is 2.96. The predicted molar refractivity (Wildman–Crippen MR) is 135 cm³/mol. The van der Waals surface area contributed by atoms with E-state index in [9.17, 15) is 4.79 Å². The number of aryl methyl sites for hydroxylation is 2. The van der Waals surface area contributed by atoms with Gasteiger partial charge < -0.3 is 15.5 Å². The summed E-state index contributed by atoms with van der Waals surface area (Å²) >= 11 is 1.75. The summed E-state index contributed by atoms with van der Waals surface area (Å²) in [5.74, 6) is 0.894. The Balaban J connectivity index is 0.00000320. The summed E-state index contributed by atoms with van der Waals surface area (Å²) in [4.78, 5) is 24.8. The molecule has 2 N–H and O–H groups in total. The molecule has 1 aliphatic heterocycles. The lowest BCUT2D eigenvalue weighted by atomic mass is 10.1. The number of thiazole rings is 1. The fourth-order valence-electron chi connectivity index (χ4n) is 3.43. The highest BCUT2D eigenvalue weighted by Crippen LogP contribution is 2.16. The standard InChI is InChI=1S/C22H31N5OS.HI/c1-16-17(2)29-20(26-16)10-11-24-22(23-3)25-15-18-8-7-9-19(14-18)21(28)27-12-5-4-6-13-27;/h7-9,14H,4-6,10-13,15H2,1-3H3,(H2,23,24,25);1H. The van der Waals surface area contributed by atoms with Gasteiger partial charge in [0, 0.05) is 50.1 Å². The Bertz CT molecular complexity index is 841. The number of carbonyl (C=O) groups excluding carboxylic acids is 1. The van der Waals surface area contributed by atoms with Crippen molar-refractivity contribution in [3.8, 4) is 0 Å². The van der Waals surface area contributed by atoms with Crippen molar-refractivity contribution >= 4 is 47.2 Å². The smallest absolute Gasteiger partial charge is 0.253 e. The molecule has 0 radical (unpaired) electrons. The Morgan fingerprint density at radius 3 is 2.63 bits per heavy atom. The predicted octanol–water partition coefficient (Wildman–Crippen LogP) is 3.91. The highest BCUT2D eigenvalue weighted by molar-refractivity contribution is 14.0. The number of hydrogen-bond acceptors (Lipinski definition) is 4. The lowest BCUT2D eigenvalue weighted by Gasteiger charge is -2.26. The zero-order chi connectivity index (χ0) is 20.6. The zero-order valence-electron chi connectivity index (χ0n) is 18.0. The second-order valence-electron chi connectivity index (χ2n) is 7.40. The summed E-state index contributed by atoms with van der Waals surface area (Å²) in [5, 5.41) is 7.81. The van der Waals surface area contributed by atoms with Gasteiger partial charge in [0.25, 0.3) is 5.91 Å². The van der Waals surface area contributed by atoms with E-state index >= 15 is 0 Å². The highest BCUT2D eigenvalue weighted by atomic mass is 127. The van der Waals surface area contributed by atoms with Gasteiger partial charge >= 0.3 is 0 Å². The third-order valence-corrected chi connectivity index (χ3v) is 6.34. The van der Waals surface area contributed by atoms with Crippen LogP contribution >= 0.6 is 35.3 Å². The van der Waals surface area contributed by atoms with Crippen LogP contribution in [0, 0.1) is 13.8 Å². The molecule has 0 unspecified atom stereocenters. The van der Waals surface area contributed by atoms with Crippen molar-refractivity contribution in [3.05, 3.63) is 51.0 Å². The minimum absolute atomic E-state index is 0. The molecule has 1 fully saturated rings. The maximum absolute atomic E-state index is 12.7. The van der Waals surface area contributed by atoms with Gasteiger partial charge in [-0.2, -0.15) is 0 Å². The van der Waals surface area contributed by atoms with Gasteiger partial charge in [0.1, 0.15) is 0 Å². The van der Waals surface area contributed by atoms with Crippen LogP contribution in [-0.4, -0.2) is 48.4 Å². The van der Waals surface area contributed by atoms with E-state index in [1.165, 1.54) is 11.3 Å². The number of guanidine groups is 1. The second-order valence-corrected chi connectivity index (χ2v) is 8.69. The number of hydrogen-bond donors (Lipinski definition) is 2. The third kappa shape index (κ3) is 6.94. The number of halogens is 1.